The molecular formula is C11H17N3O2. The van der Waals surface area contributed by atoms with Crippen LogP contribution >= 0.6 is 0 Å². The van der Waals surface area contributed by atoms with Crippen molar-refractivity contribution in [3.63, 3.8) is 0 Å². The average Bonchev–Trinajstić information content (AvgIpc) is 2.88. The van der Waals surface area contributed by atoms with Gasteiger partial charge < -0.3 is 10.4 Å². The Morgan fingerprint density at radius 2 is 2.56 bits per heavy atom. The summed E-state index contributed by atoms with van der Waals surface area (Å²) in [5, 5.41) is 16.6. The van der Waals surface area contributed by atoms with E-state index >= 15 is 0 Å². The Bertz CT molecular complexity index is 380. The molecule has 16 heavy (non-hydrogen) atoms. The molecule has 1 saturated heterocycles. The van der Waals surface area contributed by atoms with Gasteiger partial charge in [0.15, 0.2) is 0 Å². The zero-order valence-electron chi connectivity index (χ0n) is 9.44. The molecule has 0 spiro atoms. The van der Waals surface area contributed by atoms with Gasteiger partial charge in [-0.15, -0.1) is 0 Å². The first-order valence-electron chi connectivity index (χ1n) is 5.62. The van der Waals surface area contributed by atoms with Gasteiger partial charge in [0.25, 0.3) is 0 Å². The van der Waals surface area contributed by atoms with Crippen LogP contribution in [0.3, 0.4) is 0 Å². The molecule has 1 fully saturated rings. The van der Waals surface area contributed by atoms with Crippen LogP contribution in [0, 0.1) is 5.41 Å². The molecule has 0 aromatic carbocycles. The van der Waals surface area contributed by atoms with Crippen molar-refractivity contribution >= 4 is 5.97 Å². The molecule has 5 nitrogen and oxygen atoms in total. The van der Waals surface area contributed by atoms with Crippen molar-refractivity contribution in [2.24, 2.45) is 5.41 Å². The molecule has 1 unspecified atom stereocenters. The standard InChI is InChI=1S/C11H17N3O2/c1-2-14-7-9(6-13-14)5-11(10(15)16)3-4-12-8-11/h6-7,12H,2-5,8H2,1H3,(H,15,16). The van der Waals surface area contributed by atoms with E-state index in [-0.39, 0.29) is 0 Å². The molecule has 5 heteroatoms. The molecule has 1 atom stereocenters. The summed E-state index contributed by atoms with van der Waals surface area (Å²) in [6.45, 7) is 4.17. The molecule has 2 N–H and O–H groups in total. The molecule has 88 valence electrons. The van der Waals surface area contributed by atoms with E-state index in [4.69, 9.17) is 0 Å². The normalized spacial score (nSPS) is 24.8. The predicted molar refractivity (Wildman–Crippen MR) is 59.2 cm³/mol. The Balaban J connectivity index is 2.14. The first-order valence-corrected chi connectivity index (χ1v) is 5.62. The molecule has 1 aromatic heterocycles. The van der Waals surface area contributed by atoms with E-state index in [9.17, 15) is 9.90 Å². The van der Waals surface area contributed by atoms with Gasteiger partial charge in [0.05, 0.1) is 11.6 Å². The van der Waals surface area contributed by atoms with E-state index in [0.717, 1.165) is 18.7 Å². The topological polar surface area (TPSA) is 67.2 Å². The monoisotopic (exact) mass is 223 g/mol. The third-order valence-electron chi connectivity index (χ3n) is 3.25. The summed E-state index contributed by atoms with van der Waals surface area (Å²) in [6, 6.07) is 0. The lowest BCUT2D eigenvalue weighted by Crippen LogP contribution is -2.35. The summed E-state index contributed by atoms with van der Waals surface area (Å²) in [6.07, 6.45) is 4.96. The number of hydrogen-bond acceptors (Lipinski definition) is 3. The number of carboxylic acid groups (broad SMARTS) is 1. The Morgan fingerprint density at radius 3 is 3.06 bits per heavy atom. The van der Waals surface area contributed by atoms with E-state index in [1.54, 1.807) is 6.20 Å². The number of carboxylic acids is 1. The SMILES string of the molecule is CCn1cc(CC2(C(=O)O)CCNC2)cn1. The minimum absolute atomic E-state index is 0.555. The highest BCUT2D eigenvalue weighted by Gasteiger charge is 2.41. The highest BCUT2D eigenvalue weighted by Crippen LogP contribution is 2.30. The fourth-order valence-electron chi connectivity index (χ4n) is 2.21. The molecule has 0 amide bonds. The van der Waals surface area contributed by atoms with Crippen LogP contribution in [0.1, 0.15) is 18.9 Å². The van der Waals surface area contributed by atoms with E-state index in [1.807, 2.05) is 17.8 Å². The average molecular weight is 223 g/mol. The lowest BCUT2D eigenvalue weighted by atomic mass is 9.82. The minimum Gasteiger partial charge on any atom is -0.481 e. The zero-order valence-corrected chi connectivity index (χ0v) is 9.44. The van der Waals surface area contributed by atoms with Crippen LogP contribution < -0.4 is 5.32 Å². The highest BCUT2D eigenvalue weighted by atomic mass is 16.4. The van der Waals surface area contributed by atoms with Gasteiger partial charge in [-0.3, -0.25) is 9.48 Å². The van der Waals surface area contributed by atoms with Crippen molar-refractivity contribution in [1.29, 1.82) is 0 Å². The first kappa shape index (κ1) is 11.1. The number of aromatic nitrogens is 2. The molecule has 2 rings (SSSR count). The lowest BCUT2D eigenvalue weighted by Gasteiger charge is -2.21. The second kappa shape index (κ2) is 4.25. The van der Waals surface area contributed by atoms with Gasteiger partial charge in [-0.1, -0.05) is 0 Å². The minimum atomic E-state index is -0.707. The summed E-state index contributed by atoms with van der Waals surface area (Å²) >= 11 is 0. The smallest absolute Gasteiger partial charge is 0.311 e. The lowest BCUT2D eigenvalue weighted by molar-refractivity contribution is -0.147. The van der Waals surface area contributed by atoms with Crippen LogP contribution in [-0.2, 0) is 17.8 Å². The molecular weight excluding hydrogens is 206 g/mol. The predicted octanol–water partition coefficient (Wildman–Crippen LogP) is 0.510. The Kier molecular flexibility index (Phi) is 2.96. The van der Waals surface area contributed by atoms with Crippen molar-refractivity contribution in [1.82, 2.24) is 15.1 Å². The Hall–Kier alpha value is -1.36. The molecule has 0 aliphatic carbocycles. The van der Waals surface area contributed by atoms with Gasteiger partial charge in [0, 0.05) is 19.3 Å². The van der Waals surface area contributed by atoms with Crippen molar-refractivity contribution in [2.75, 3.05) is 13.1 Å². The van der Waals surface area contributed by atoms with Crippen LogP contribution in [0.4, 0.5) is 0 Å². The van der Waals surface area contributed by atoms with Crippen molar-refractivity contribution < 1.29 is 9.90 Å². The van der Waals surface area contributed by atoms with Crippen LogP contribution in [0.5, 0.6) is 0 Å². The Morgan fingerprint density at radius 1 is 1.75 bits per heavy atom. The van der Waals surface area contributed by atoms with Crippen molar-refractivity contribution in [3.05, 3.63) is 18.0 Å². The van der Waals surface area contributed by atoms with Gasteiger partial charge >= 0.3 is 5.97 Å². The van der Waals surface area contributed by atoms with E-state index < -0.39 is 11.4 Å². The van der Waals surface area contributed by atoms with Crippen LogP contribution in [0.25, 0.3) is 0 Å². The second-order valence-electron chi connectivity index (χ2n) is 4.39. The van der Waals surface area contributed by atoms with Gasteiger partial charge in [0.2, 0.25) is 0 Å². The number of aryl methyl sites for hydroxylation is 1. The van der Waals surface area contributed by atoms with Gasteiger partial charge in [-0.25, -0.2) is 0 Å². The molecule has 0 bridgehead atoms. The summed E-state index contributed by atoms with van der Waals surface area (Å²) < 4.78 is 1.83. The van der Waals surface area contributed by atoms with E-state index in [0.29, 0.717) is 19.4 Å². The second-order valence-corrected chi connectivity index (χ2v) is 4.39. The van der Waals surface area contributed by atoms with E-state index in [2.05, 4.69) is 10.4 Å². The molecule has 0 radical (unpaired) electrons. The van der Waals surface area contributed by atoms with Gasteiger partial charge in [-0.05, 0) is 31.9 Å². The largest absolute Gasteiger partial charge is 0.481 e. The van der Waals surface area contributed by atoms with E-state index in [1.165, 1.54) is 0 Å². The molecule has 1 aliphatic rings. The number of aliphatic carboxylic acids is 1. The quantitative estimate of drug-likeness (QED) is 0.780. The maximum atomic E-state index is 11.3. The van der Waals surface area contributed by atoms with Crippen LogP contribution in [-0.4, -0.2) is 33.9 Å². The number of carbonyl (C=O) groups is 1. The Labute approximate surface area is 94.5 Å². The van der Waals surface area contributed by atoms with Crippen LogP contribution in [0.2, 0.25) is 0 Å². The zero-order chi connectivity index (χ0) is 11.6. The van der Waals surface area contributed by atoms with Crippen molar-refractivity contribution in [3.8, 4) is 0 Å². The van der Waals surface area contributed by atoms with Crippen LogP contribution in [0.15, 0.2) is 12.4 Å². The fourth-order valence-corrected chi connectivity index (χ4v) is 2.21. The first-order chi connectivity index (χ1) is 7.66. The summed E-state index contributed by atoms with van der Waals surface area (Å²) in [4.78, 5) is 11.3. The number of nitrogens with zero attached hydrogens (tertiary/aromatic N) is 2. The third kappa shape index (κ3) is 1.95. The number of hydrogen-bond donors (Lipinski definition) is 2. The maximum Gasteiger partial charge on any atom is 0.311 e. The fraction of sp³-hybridized carbons (Fsp3) is 0.636. The summed E-state index contributed by atoms with van der Waals surface area (Å²) in [5.74, 6) is -0.707. The maximum absolute atomic E-state index is 11.3. The van der Waals surface area contributed by atoms with Gasteiger partial charge in [-0.2, -0.15) is 5.10 Å². The van der Waals surface area contributed by atoms with Crippen molar-refractivity contribution in [2.45, 2.75) is 26.3 Å². The number of nitrogens with one attached hydrogen (secondary N) is 1. The third-order valence-corrected chi connectivity index (χ3v) is 3.25. The number of rotatable bonds is 4. The molecule has 1 aromatic rings. The summed E-state index contributed by atoms with van der Waals surface area (Å²) in [7, 11) is 0. The molecule has 2 heterocycles. The summed E-state index contributed by atoms with van der Waals surface area (Å²) in [5.41, 5.74) is 0.370. The van der Waals surface area contributed by atoms with Gasteiger partial charge in [0.1, 0.15) is 0 Å². The molecule has 0 saturated carbocycles. The molecule has 1 aliphatic heterocycles. The highest BCUT2D eigenvalue weighted by molar-refractivity contribution is 5.75.